The molecule has 0 spiro atoms. The largest absolute Gasteiger partial charge is 0.357 e. The lowest BCUT2D eigenvalue weighted by Crippen LogP contribution is -2.00. The number of hydrogen-bond acceptors (Lipinski definition) is 4. The molecule has 17 heavy (non-hydrogen) atoms. The van der Waals surface area contributed by atoms with Crippen molar-refractivity contribution < 1.29 is 0 Å². The highest BCUT2D eigenvalue weighted by Gasteiger charge is 2.03. The van der Waals surface area contributed by atoms with Gasteiger partial charge >= 0.3 is 0 Å². The number of halogens is 2. The molecule has 1 aromatic heterocycles. The van der Waals surface area contributed by atoms with Gasteiger partial charge in [0.05, 0.1) is 5.69 Å². The third-order valence-electron chi connectivity index (χ3n) is 2.07. The summed E-state index contributed by atoms with van der Waals surface area (Å²) in [6.07, 6.45) is 1.71. The van der Waals surface area contributed by atoms with E-state index in [-0.39, 0.29) is 0 Å². The minimum absolute atomic E-state index is 0.594. The third-order valence-corrected chi connectivity index (χ3v) is 3.43. The maximum atomic E-state index is 4.30. The fourth-order valence-electron chi connectivity index (χ4n) is 1.28. The van der Waals surface area contributed by atoms with Crippen molar-refractivity contribution in [3.8, 4) is 0 Å². The SMILES string of the molecule is CNc1nccc(Nc2cc(I)ccc2Br)n1. The van der Waals surface area contributed by atoms with Crippen molar-refractivity contribution in [1.82, 2.24) is 9.97 Å². The molecule has 0 fully saturated rings. The maximum absolute atomic E-state index is 4.30. The van der Waals surface area contributed by atoms with Crippen molar-refractivity contribution in [2.24, 2.45) is 0 Å². The maximum Gasteiger partial charge on any atom is 0.224 e. The fourth-order valence-corrected chi connectivity index (χ4v) is 2.12. The topological polar surface area (TPSA) is 49.8 Å². The van der Waals surface area contributed by atoms with Crippen LogP contribution in [0.3, 0.4) is 0 Å². The summed E-state index contributed by atoms with van der Waals surface area (Å²) in [5.74, 6) is 1.35. The molecule has 0 bridgehead atoms. The number of benzene rings is 1. The average Bonchev–Trinajstić information content (AvgIpc) is 2.34. The number of anilines is 3. The van der Waals surface area contributed by atoms with Gasteiger partial charge in [0, 0.05) is 21.3 Å². The molecule has 1 aromatic carbocycles. The second-order valence-electron chi connectivity index (χ2n) is 3.26. The van der Waals surface area contributed by atoms with E-state index in [2.05, 4.69) is 59.1 Å². The molecular weight excluding hydrogens is 395 g/mol. The van der Waals surface area contributed by atoms with Crippen molar-refractivity contribution in [3.05, 3.63) is 38.5 Å². The fraction of sp³-hybridized carbons (Fsp3) is 0.0909. The van der Waals surface area contributed by atoms with Crippen LogP contribution in [-0.2, 0) is 0 Å². The van der Waals surface area contributed by atoms with E-state index in [1.807, 2.05) is 24.3 Å². The van der Waals surface area contributed by atoms with Crippen molar-refractivity contribution >= 4 is 56.0 Å². The average molecular weight is 405 g/mol. The Kier molecular flexibility index (Phi) is 4.16. The molecule has 2 rings (SSSR count). The summed E-state index contributed by atoms with van der Waals surface area (Å²) in [7, 11) is 1.79. The molecule has 0 saturated carbocycles. The van der Waals surface area contributed by atoms with Gasteiger partial charge in [-0.25, -0.2) is 4.98 Å². The second-order valence-corrected chi connectivity index (χ2v) is 5.36. The number of aromatic nitrogens is 2. The molecule has 0 unspecified atom stereocenters. The first-order valence-corrected chi connectivity index (χ1v) is 6.79. The Morgan fingerprint density at radius 1 is 1.29 bits per heavy atom. The summed E-state index contributed by atoms with van der Waals surface area (Å²) >= 11 is 5.77. The number of nitrogens with one attached hydrogen (secondary N) is 2. The van der Waals surface area contributed by atoms with Crippen molar-refractivity contribution in [1.29, 1.82) is 0 Å². The molecule has 2 N–H and O–H groups in total. The monoisotopic (exact) mass is 404 g/mol. The van der Waals surface area contributed by atoms with Crippen LogP contribution >= 0.6 is 38.5 Å². The molecule has 1 heterocycles. The molecule has 0 atom stereocenters. The van der Waals surface area contributed by atoms with Crippen LogP contribution in [0.1, 0.15) is 0 Å². The standard InChI is InChI=1S/C11H10BrIN4/c1-14-11-15-5-4-10(17-11)16-9-6-7(13)2-3-8(9)12/h2-6H,1H3,(H2,14,15,16,17). The molecule has 0 radical (unpaired) electrons. The Bertz CT molecular complexity index is 533. The lowest BCUT2D eigenvalue weighted by Gasteiger charge is -2.09. The van der Waals surface area contributed by atoms with Crippen molar-refractivity contribution in [2.45, 2.75) is 0 Å². The number of nitrogens with zero attached hydrogens (tertiary/aromatic N) is 2. The van der Waals surface area contributed by atoms with Crippen molar-refractivity contribution in [3.63, 3.8) is 0 Å². The Balaban J connectivity index is 2.27. The Morgan fingerprint density at radius 3 is 2.88 bits per heavy atom. The first-order chi connectivity index (χ1) is 8.19. The van der Waals surface area contributed by atoms with Crippen LogP contribution in [-0.4, -0.2) is 17.0 Å². The van der Waals surface area contributed by atoms with E-state index in [4.69, 9.17) is 0 Å². The second kappa shape index (κ2) is 5.63. The lowest BCUT2D eigenvalue weighted by molar-refractivity contribution is 1.15. The van der Waals surface area contributed by atoms with E-state index in [1.54, 1.807) is 13.2 Å². The Morgan fingerprint density at radius 2 is 2.12 bits per heavy atom. The summed E-state index contributed by atoms with van der Waals surface area (Å²) in [4.78, 5) is 8.36. The highest BCUT2D eigenvalue weighted by molar-refractivity contribution is 14.1. The van der Waals surface area contributed by atoms with Gasteiger partial charge in [0.2, 0.25) is 5.95 Å². The van der Waals surface area contributed by atoms with Crippen LogP contribution in [0.5, 0.6) is 0 Å². The normalized spacial score (nSPS) is 10.1. The lowest BCUT2D eigenvalue weighted by atomic mass is 10.3. The zero-order valence-electron chi connectivity index (χ0n) is 9.04. The van der Waals surface area contributed by atoms with Gasteiger partial charge in [-0.3, -0.25) is 0 Å². The van der Waals surface area contributed by atoms with Gasteiger partial charge in [0.1, 0.15) is 5.82 Å². The summed E-state index contributed by atoms with van der Waals surface area (Å²) in [6, 6.07) is 7.91. The molecular formula is C11H10BrIN4. The van der Waals surface area contributed by atoms with Crippen LogP contribution in [0.15, 0.2) is 34.9 Å². The Hall–Kier alpha value is -0.890. The van der Waals surface area contributed by atoms with Gasteiger partial charge in [-0.2, -0.15) is 4.98 Å². The smallest absolute Gasteiger partial charge is 0.224 e. The molecule has 88 valence electrons. The predicted molar refractivity (Wildman–Crippen MR) is 81.7 cm³/mol. The first-order valence-electron chi connectivity index (χ1n) is 4.92. The van der Waals surface area contributed by atoms with Crippen LogP contribution < -0.4 is 10.6 Å². The zero-order valence-corrected chi connectivity index (χ0v) is 12.8. The predicted octanol–water partition coefficient (Wildman–Crippen LogP) is 3.63. The first kappa shape index (κ1) is 12.6. The van der Waals surface area contributed by atoms with Crippen LogP contribution in [0, 0.1) is 3.57 Å². The van der Waals surface area contributed by atoms with E-state index in [0.717, 1.165) is 19.5 Å². The van der Waals surface area contributed by atoms with E-state index >= 15 is 0 Å². The summed E-state index contributed by atoms with van der Waals surface area (Å²) in [5, 5.41) is 6.15. The van der Waals surface area contributed by atoms with E-state index in [1.165, 1.54) is 0 Å². The van der Waals surface area contributed by atoms with Gasteiger partial charge in [-0.1, -0.05) is 0 Å². The molecule has 2 aromatic rings. The van der Waals surface area contributed by atoms with E-state index < -0.39 is 0 Å². The highest BCUT2D eigenvalue weighted by atomic mass is 127. The number of rotatable bonds is 3. The molecule has 0 amide bonds. The highest BCUT2D eigenvalue weighted by Crippen LogP contribution is 2.26. The molecule has 0 aliphatic heterocycles. The van der Waals surface area contributed by atoms with Gasteiger partial charge in [0.25, 0.3) is 0 Å². The van der Waals surface area contributed by atoms with Crippen molar-refractivity contribution in [2.75, 3.05) is 17.7 Å². The molecule has 6 heteroatoms. The quantitative estimate of drug-likeness (QED) is 0.767. The zero-order chi connectivity index (χ0) is 12.3. The van der Waals surface area contributed by atoms with Gasteiger partial charge in [-0.15, -0.1) is 0 Å². The summed E-state index contributed by atoms with van der Waals surface area (Å²) in [6.45, 7) is 0. The van der Waals surface area contributed by atoms with Crippen LogP contribution in [0.2, 0.25) is 0 Å². The molecule has 0 aliphatic carbocycles. The molecule has 0 saturated heterocycles. The van der Waals surface area contributed by atoms with E-state index in [9.17, 15) is 0 Å². The summed E-state index contributed by atoms with van der Waals surface area (Å²) in [5.41, 5.74) is 0.984. The molecule has 4 nitrogen and oxygen atoms in total. The van der Waals surface area contributed by atoms with Crippen LogP contribution in [0.25, 0.3) is 0 Å². The third kappa shape index (κ3) is 3.29. The van der Waals surface area contributed by atoms with Gasteiger partial charge < -0.3 is 10.6 Å². The number of hydrogen-bond donors (Lipinski definition) is 2. The minimum Gasteiger partial charge on any atom is -0.357 e. The summed E-state index contributed by atoms with van der Waals surface area (Å²) < 4.78 is 2.17. The minimum atomic E-state index is 0.594. The van der Waals surface area contributed by atoms with Gasteiger partial charge in [-0.05, 0) is 62.8 Å². The Labute approximate surface area is 122 Å². The van der Waals surface area contributed by atoms with Gasteiger partial charge in [0.15, 0.2) is 0 Å². The van der Waals surface area contributed by atoms with Crippen LogP contribution in [0.4, 0.5) is 17.5 Å². The molecule has 0 aliphatic rings. The van der Waals surface area contributed by atoms with E-state index in [0.29, 0.717) is 5.95 Å².